The molecule has 1 N–H and O–H groups in total. The highest BCUT2D eigenvalue weighted by Gasteiger charge is 2.25. The zero-order chi connectivity index (χ0) is 20.8. The molecule has 150 valence electrons. The first-order valence-corrected chi connectivity index (χ1v) is 10.6. The summed E-state index contributed by atoms with van der Waals surface area (Å²) in [6.45, 7) is 2.16. The minimum Gasteiger partial charge on any atom is -0.311 e. The summed E-state index contributed by atoms with van der Waals surface area (Å²) in [7, 11) is -4.31. The van der Waals surface area contributed by atoms with E-state index in [-0.39, 0.29) is 22.9 Å². The van der Waals surface area contributed by atoms with Gasteiger partial charge in [0.15, 0.2) is 0 Å². The third-order valence-electron chi connectivity index (χ3n) is 5.13. The molecule has 1 aliphatic rings. The molecule has 4 rings (SSSR count). The third kappa shape index (κ3) is 3.54. The fraction of sp³-hybridized carbons (Fsp3) is 0.250. The van der Waals surface area contributed by atoms with Crippen LogP contribution < -0.4 is 10.5 Å². The van der Waals surface area contributed by atoms with Gasteiger partial charge in [-0.05, 0) is 55.2 Å². The second kappa shape index (κ2) is 7.09. The molecule has 0 saturated carbocycles. The molecule has 1 aromatic heterocycles. The van der Waals surface area contributed by atoms with Crippen molar-refractivity contribution >= 4 is 32.6 Å². The number of hydrogen-bond acceptors (Lipinski definition) is 5. The van der Waals surface area contributed by atoms with Crippen LogP contribution in [0.2, 0.25) is 0 Å². The summed E-state index contributed by atoms with van der Waals surface area (Å²) in [6, 6.07) is 9.51. The summed E-state index contributed by atoms with van der Waals surface area (Å²) in [5.74, 6) is -0.290. The molecule has 8 nitrogen and oxygen atoms in total. The number of amides is 1. The standard InChI is InChI=1S/C20H19N3O5S/c1-13-4-2-6-16-19(13)21-12-22(20(16)25)11-18(24)23-9-3-5-14-10-15(29(26,27)28)7-8-17(14)23/h2,4,6-8,10,12H,3,5,9,11H2,1H3,(H,26,27,28). The average molecular weight is 413 g/mol. The molecular formula is C20H19N3O5S. The predicted molar refractivity (Wildman–Crippen MR) is 108 cm³/mol. The van der Waals surface area contributed by atoms with Crippen molar-refractivity contribution in [2.45, 2.75) is 31.2 Å². The van der Waals surface area contributed by atoms with Crippen LogP contribution in [0.25, 0.3) is 10.9 Å². The molecule has 0 fully saturated rings. The second-order valence-corrected chi connectivity index (χ2v) is 8.48. The van der Waals surface area contributed by atoms with Crippen LogP contribution >= 0.6 is 0 Å². The maximum atomic E-state index is 12.9. The maximum absolute atomic E-state index is 12.9. The molecule has 0 unspecified atom stereocenters. The quantitative estimate of drug-likeness (QED) is 0.657. The minimum absolute atomic E-state index is 0.171. The summed E-state index contributed by atoms with van der Waals surface area (Å²) in [5, 5.41) is 0.456. The lowest BCUT2D eigenvalue weighted by Gasteiger charge is -2.30. The number of rotatable bonds is 3. The molecule has 0 aliphatic carbocycles. The molecule has 0 saturated heterocycles. The zero-order valence-corrected chi connectivity index (χ0v) is 16.5. The van der Waals surface area contributed by atoms with Crippen LogP contribution in [0.5, 0.6) is 0 Å². The number of carbonyl (C=O) groups is 1. The van der Waals surface area contributed by atoms with Gasteiger partial charge in [0.1, 0.15) is 6.54 Å². The molecule has 1 amide bonds. The van der Waals surface area contributed by atoms with E-state index in [1.165, 1.54) is 29.1 Å². The van der Waals surface area contributed by atoms with Crippen molar-refractivity contribution in [1.82, 2.24) is 9.55 Å². The Morgan fingerprint density at radius 1 is 1.24 bits per heavy atom. The van der Waals surface area contributed by atoms with E-state index in [9.17, 15) is 22.6 Å². The van der Waals surface area contributed by atoms with Crippen molar-refractivity contribution in [1.29, 1.82) is 0 Å². The first kappa shape index (κ1) is 19.3. The number of aryl methyl sites for hydroxylation is 2. The molecule has 2 heterocycles. The number of carbonyl (C=O) groups excluding carboxylic acids is 1. The van der Waals surface area contributed by atoms with Gasteiger partial charge >= 0.3 is 0 Å². The highest BCUT2D eigenvalue weighted by atomic mass is 32.2. The van der Waals surface area contributed by atoms with Gasteiger partial charge in [-0.15, -0.1) is 0 Å². The Morgan fingerprint density at radius 2 is 2.03 bits per heavy atom. The average Bonchev–Trinajstić information content (AvgIpc) is 2.69. The highest BCUT2D eigenvalue weighted by Crippen LogP contribution is 2.29. The zero-order valence-electron chi connectivity index (χ0n) is 15.7. The maximum Gasteiger partial charge on any atom is 0.294 e. The number of fused-ring (bicyclic) bond motifs is 2. The fourth-order valence-electron chi connectivity index (χ4n) is 3.67. The number of anilines is 1. The Balaban J connectivity index is 1.66. The van der Waals surface area contributed by atoms with Crippen molar-refractivity contribution in [3.05, 3.63) is 64.2 Å². The third-order valence-corrected chi connectivity index (χ3v) is 5.98. The van der Waals surface area contributed by atoms with E-state index >= 15 is 0 Å². The second-order valence-electron chi connectivity index (χ2n) is 7.06. The van der Waals surface area contributed by atoms with Crippen molar-refractivity contribution < 1.29 is 17.8 Å². The number of nitrogens with zero attached hydrogens (tertiary/aromatic N) is 3. The van der Waals surface area contributed by atoms with Gasteiger partial charge in [-0.2, -0.15) is 8.42 Å². The van der Waals surface area contributed by atoms with Crippen LogP contribution in [-0.4, -0.2) is 35.0 Å². The van der Waals surface area contributed by atoms with Crippen LogP contribution in [0, 0.1) is 6.92 Å². The lowest BCUT2D eigenvalue weighted by molar-refractivity contribution is -0.119. The van der Waals surface area contributed by atoms with Crippen LogP contribution in [0.3, 0.4) is 0 Å². The van der Waals surface area contributed by atoms with E-state index in [0.717, 1.165) is 5.56 Å². The van der Waals surface area contributed by atoms with Gasteiger partial charge in [-0.25, -0.2) is 4.98 Å². The number of benzene rings is 2. The van der Waals surface area contributed by atoms with Crippen LogP contribution in [0.4, 0.5) is 5.69 Å². The minimum atomic E-state index is -4.31. The highest BCUT2D eigenvalue weighted by molar-refractivity contribution is 7.85. The summed E-state index contributed by atoms with van der Waals surface area (Å²) < 4.78 is 33.3. The van der Waals surface area contributed by atoms with Crippen molar-refractivity contribution in [2.75, 3.05) is 11.4 Å². The van der Waals surface area contributed by atoms with Gasteiger partial charge in [-0.3, -0.25) is 18.7 Å². The summed E-state index contributed by atoms with van der Waals surface area (Å²) in [4.78, 5) is 31.4. The first-order valence-electron chi connectivity index (χ1n) is 9.11. The van der Waals surface area contributed by atoms with Crippen molar-refractivity contribution in [3.63, 3.8) is 0 Å². The Bertz CT molecular complexity index is 1300. The smallest absolute Gasteiger partial charge is 0.294 e. The van der Waals surface area contributed by atoms with Gasteiger partial charge in [-0.1, -0.05) is 12.1 Å². The Morgan fingerprint density at radius 3 is 2.79 bits per heavy atom. The van der Waals surface area contributed by atoms with Crippen LogP contribution in [0.1, 0.15) is 17.5 Å². The summed E-state index contributed by atoms with van der Waals surface area (Å²) in [6.07, 6.45) is 2.62. The number of hydrogen-bond donors (Lipinski definition) is 1. The summed E-state index contributed by atoms with van der Waals surface area (Å²) in [5.41, 5.74) is 2.47. The SMILES string of the molecule is Cc1cccc2c(=O)n(CC(=O)N3CCCc4cc(S(=O)(=O)O)ccc43)cnc12. The Labute approximate surface area is 167 Å². The topological polar surface area (TPSA) is 110 Å². The van der Waals surface area contributed by atoms with Gasteiger partial charge in [0.05, 0.1) is 22.1 Å². The van der Waals surface area contributed by atoms with E-state index in [0.29, 0.717) is 41.5 Å². The lowest BCUT2D eigenvalue weighted by atomic mass is 10.0. The Hall–Kier alpha value is -3.04. The number of para-hydroxylation sites is 1. The molecule has 0 bridgehead atoms. The molecule has 0 atom stereocenters. The Kier molecular flexibility index (Phi) is 4.71. The van der Waals surface area contributed by atoms with Gasteiger partial charge in [0.25, 0.3) is 15.7 Å². The van der Waals surface area contributed by atoms with Gasteiger partial charge in [0, 0.05) is 12.2 Å². The van der Waals surface area contributed by atoms with Crippen molar-refractivity contribution in [2.24, 2.45) is 0 Å². The fourth-order valence-corrected chi connectivity index (χ4v) is 4.21. The van der Waals surface area contributed by atoms with E-state index in [2.05, 4.69) is 4.98 Å². The molecule has 1 aliphatic heterocycles. The van der Waals surface area contributed by atoms with E-state index < -0.39 is 10.1 Å². The van der Waals surface area contributed by atoms with Crippen LogP contribution in [0.15, 0.2) is 52.4 Å². The molecule has 3 aromatic rings. The molecule has 0 spiro atoms. The lowest BCUT2D eigenvalue weighted by Crippen LogP contribution is -2.39. The predicted octanol–water partition coefficient (Wildman–Crippen LogP) is 1.93. The van der Waals surface area contributed by atoms with Crippen LogP contribution in [-0.2, 0) is 27.9 Å². The van der Waals surface area contributed by atoms with Crippen molar-refractivity contribution in [3.8, 4) is 0 Å². The van der Waals surface area contributed by atoms with E-state index in [1.807, 2.05) is 13.0 Å². The van der Waals surface area contributed by atoms with Gasteiger partial charge in [0.2, 0.25) is 5.91 Å². The van der Waals surface area contributed by atoms with E-state index in [1.54, 1.807) is 17.0 Å². The molecule has 0 radical (unpaired) electrons. The molecule has 29 heavy (non-hydrogen) atoms. The first-order chi connectivity index (χ1) is 13.8. The normalized spacial score (nSPS) is 14.1. The molecular weight excluding hydrogens is 394 g/mol. The summed E-state index contributed by atoms with van der Waals surface area (Å²) >= 11 is 0. The largest absolute Gasteiger partial charge is 0.311 e. The number of aromatic nitrogens is 2. The monoisotopic (exact) mass is 413 g/mol. The molecule has 2 aromatic carbocycles. The van der Waals surface area contributed by atoms with Gasteiger partial charge < -0.3 is 4.90 Å². The van der Waals surface area contributed by atoms with E-state index in [4.69, 9.17) is 0 Å². The molecule has 9 heteroatoms.